The molecular formula is C9H10N4O2S. The molecule has 0 radical (unpaired) electrons. The van der Waals surface area contributed by atoms with E-state index in [4.69, 9.17) is 5.73 Å². The number of hydrogen-bond donors (Lipinski definition) is 2. The average molecular weight is 238 g/mol. The topological polar surface area (TPSA) is 93.8 Å². The number of rotatable bonds is 2. The Morgan fingerprint density at radius 2 is 2.31 bits per heavy atom. The van der Waals surface area contributed by atoms with Crippen molar-refractivity contribution in [3.05, 3.63) is 32.2 Å². The smallest absolute Gasteiger partial charge is 0.309 e. The summed E-state index contributed by atoms with van der Waals surface area (Å²) in [6, 6.07) is 0. The molecule has 7 heteroatoms. The third-order valence-electron chi connectivity index (χ3n) is 1.97. The van der Waals surface area contributed by atoms with Crippen LogP contribution in [0, 0.1) is 0 Å². The van der Waals surface area contributed by atoms with Crippen LogP contribution in [0.5, 0.6) is 0 Å². The molecule has 2 aromatic rings. The van der Waals surface area contributed by atoms with Crippen molar-refractivity contribution in [1.82, 2.24) is 14.5 Å². The van der Waals surface area contributed by atoms with Crippen LogP contribution in [0.4, 0.5) is 5.95 Å². The van der Waals surface area contributed by atoms with E-state index in [1.807, 2.05) is 0 Å². The molecule has 16 heavy (non-hydrogen) atoms. The van der Waals surface area contributed by atoms with Crippen LogP contribution in [0.2, 0.25) is 0 Å². The summed E-state index contributed by atoms with van der Waals surface area (Å²) in [5.74, 6) is 0.00534. The number of H-pyrrole nitrogens is 1. The van der Waals surface area contributed by atoms with E-state index in [2.05, 4.69) is 16.5 Å². The monoisotopic (exact) mass is 238 g/mol. The predicted octanol–water partition coefficient (Wildman–Crippen LogP) is 0.305. The van der Waals surface area contributed by atoms with Gasteiger partial charge in [0.25, 0.3) is 5.56 Å². The highest BCUT2D eigenvalue weighted by atomic mass is 32.1. The Hall–Kier alpha value is -1.89. The highest BCUT2D eigenvalue weighted by Gasteiger charge is 2.12. The number of nitrogen functional groups attached to an aromatic ring is 1. The Labute approximate surface area is 94.1 Å². The minimum absolute atomic E-state index is 0.00534. The van der Waals surface area contributed by atoms with Gasteiger partial charge in [0.05, 0.1) is 0 Å². The maximum Gasteiger partial charge on any atom is 0.309 e. The molecule has 0 saturated carbocycles. The standard InChI is InChI=1S/C9H10N4O2S/c1-4(2)3-13-6-5(16-9(13)15)7(14)12-8(10)11-6/h1,3H2,2H3,(H3,10,11,12,14). The van der Waals surface area contributed by atoms with E-state index >= 15 is 0 Å². The van der Waals surface area contributed by atoms with E-state index in [0.717, 1.165) is 16.9 Å². The maximum absolute atomic E-state index is 11.6. The quantitative estimate of drug-likeness (QED) is 0.736. The summed E-state index contributed by atoms with van der Waals surface area (Å²) in [7, 11) is 0. The summed E-state index contributed by atoms with van der Waals surface area (Å²) in [5, 5.41) is 0. The molecule has 0 atom stereocenters. The Bertz CT molecular complexity index is 679. The summed E-state index contributed by atoms with van der Waals surface area (Å²) >= 11 is 0.861. The molecule has 84 valence electrons. The molecule has 0 aliphatic heterocycles. The van der Waals surface area contributed by atoms with Crippen LogP contribution in [0.1, 0.15) is 6.92 Å². The van der Waals surface area contributed by atoms with Crippen molar-refractivity contribution in [3.8, 4) is 0 Å². The molecule has 0 amide bonds. The van der Waals surface area contributed by atoms with Crippen LogP contribution < -0.4 is 16.2 Å². The molecule has 6 nitrogen and oxygen atoms in total. The number of allylic oxidation sites excluding steroid dienone is 1. The van der Waals surface area contributed by atoms with Gasteiger partial charge in [-0.3, -0.25) is 19.1 Å². The molecule has 0 bridgehead atoms. The van der Waals surface area contributed by atoms with Crippen molar-refractivity contribution >= 4 is 27.6 Å². The second-order valence-electron chi connectivity index (χ2n) is 3.52. The van der Waals surface area contributed by atoms with Gasteiger partial charge in [0.15, 0.2) is 5.65 Å². The zero-order chi connectivity index (χ0) is 11.9. The van der Waals surface area contributed by atoms with Crippen LogP contribution in [0.3, 0.4) is 0 Å². The summed E-state index contributed by atoms with van der Waals surface area (Å²) in [4.78, 5) is 29.2. The number of aromatic nitrogens is 3. The van der Waals surface area contributed by atoms with Crippen molar-refractivity contribution in [2.75, 3.05) is 5.73 Å². The van der Waals surface area contributed by atoms with Gasteiger partial charge in [-0.1, -0.05) is 23.5 Å². The third-order valence-corrected chi connectivity index (χ3v) is 2.94. The molecular weight excluding hydrogens is 228 g/mol. The Kier molecular flexibility index (Phi) is 2.39. The summed E-state index contributed by atoms with van der Waals surface area (Å²) in [5.41, 5.74) is 6.18. The number of nitrogens with two attached hydrogens (primary N) is 1. The van der Waals surface area contributed by atoms with Crippen LogP contribution in [-0.4, -0.2) is 14.5 Å². The molecule has 0 fully saturated rings. The zero-order valence-corrected chi connectivity index (χ0v) is 9.43. The highest BCUT2D eigenvalue weighted by molar-refractivity contribution is 7.16. The second-order valence-corrected chi connectivity index (χ2v) is 4.48. The second kappa shape index (κ2) is 3.60. The fourth-order valence-corrected chi connectivity index (χ4v) is 2.21. The van der Waals surface area contributed by atoms with Gasteiger partial charge in [-0.2, -0.15) is 4.98 Å². The van der Waals surface area contributed by atoms with E-state index < -0.39 is 0 Å². The Morgan fingerprint density at radius 3 is 2.94 bits per heavy atom. The van der Waals surface area contributed by atoms with E-state index in [-0.39, 0.29) is 16.4 Å². The lowest BCUT2D eigenvalue weighted by atomic mass is 10.3. The maximum atomic E-state index is 11.6. The molecule has 0 unspecified atom stereocenters. The first-order chi connectivity index (χ1) is 7.49. The zero-order valence-electron chi connectivity index (χ0n) is 8.61. The predicted molar refractivity (Wildman–Crippen MR) is 63.7 cm³/mol. The van der Waals surface area contributed by atoms with Crippen molar-refractivity contribution in [2.45, 2.75) is 13.5 Å². The van der Waals surface area contributed by atoms with Crippen LogP contribution in [0.15, 0.2) is 21.7 Å². The number of nitrogens with one attached hydrogen (secondary N) is 1. The van der Waals surface area contributed by atoms with E-state index in [1.54, 1.807) is 6.92 Å². The largest absolute Gasteiger partial charge is 0.369 e. The molecule has 0 aliphatic rings. The van der Waals surface area contributed by atoms with Crippen LogP contribution in [0.25, 0.3) is 10.3 Å². The molecule has 0 spiro atoms. The summed E-state index contributed by atoms with van der Waals surface area (Å²) in [6.45, 7) is 5.86. The van der Waals surface area contributed by atoms with Crippen molar-refractivity contribution in [1.29, 1.82) is 0 Å². The van der Waals surface area contributed by atoms with E-state index in [1.165, 1.54) is 4.57 Å². The first-order valence-corrected chi connectivity index (χ1v) is 5.34. The fourth-order valence-electron chi connectivity index (χ4n) is 1.38. The fraction of sp³-hybridized carbons (Fsp3) is 0.222. The summed E-state index contributed by atoms with van der Waals surface area (Å²) in [6.07, 6.45) is 0. The normalized spacial score (nSPS) is 10.8. The number of aromatic amines is 1. The van der Waals surface area contributed by atoms with Gasteiger partial charge in [0.2, 0.25) is 5.95 Å². The van der Waals surface area contributed by atoms with Gasteiger partial charge < -0.3 is 5.73 Å². The SMILES string of the molecule is C=C(C)Cn1c(=O)sc2c(=O)[nH]c(N)nc21. The molecule has 2 rings (SSSR count). The molecule has 0 aromatic carbocycles. The first-order valence-electron chi connectivity index (χ1n) is 4.52. The van der Waals surface area contributed by atoms with Crippen molar-refractivity contribution in [2.24, 2.45) is 0 Å². The molecule has 0 aliphatic carbocycles. The van der Waals surface area contributed by atoms with E-state index in [9.17, 15) is 9.59 Å². The van der Waals surface area contributed by atoms with Crippen molar-refractivity contribution < 1.29 is 0 Å². The lowest BCUT2D eigenvalue weighted by molar-refractivity contribution is 0.791. The minimum atomic E-state index is -0.384. The highest BCUT2D eigenvalue weighted by Crippen LogP contribution is 2.11. The van der Waals surface area contributed by atoms with Gasteiger partial charge >= 0.3 is 4.87 Å². The lowest BCUT2D eigenvalue weighted by Crippen LogP contribution is -2.16. The number of fused-ring (bicyclic) bond motifs is 1. The van der Waals surface area contributed by atoms with Gasteiger partial charge in [0.1, 0.15) is 4.70 Å². The van der Waals surface area contributed by atoms with Crippen LogP contribution >= 0.6 is 11.3 Å². The molecule has 2 aromatic heterocycles. The van der Waals surface area contributed by atoms with Gasteiger partial charge in [-0.25, -0.2) is 0 Å². The number of hydrogen-bond acceptors (Lipinski definition) is 5. The summed E-state index contributed by atoms with van der Waals surface area (Å²) < 4.78 is 1.69. The first kappa shape index (κ1) is 10.6. The van der Waals surface area contributed by atoms with Gasteiger partial charge in [-0.15, -0.1) is 0 Å². The molecule has 3 N–H and O–H groups in total. The Morgan fingerprint density at radius 1 is 1.62 bits per heavy atom. The molecule has 2 heterocycles. The minimum Gasteiger partial charge on any atom is -0.369 e. The number of nitrogens with zero attached hydrogens (tertiary/aromatic N) is 2. The van der Waals surface area contributed by atoms with E-state index in [0.29, 0.717) is 16.9 Å². The van der Waals surface area contributed by atoms with Gasteiger partial charge in [0, 0.05) is 6.54 Å². The lowest BCUT2D eigenvalue weighted by Gasteiger charge is -2.01. The molecule has 0 saturated heterocycles. The number of thiazole rings is 1. The third kappa shape index (κ3) is 1.65. The Balaban J connectivity index is 2.83. The van der Waals surface area contributed by atoms with Gasteiger partial charge in [-0.05, 0) is 6.92 Å². The average Bonchev–Trinajstić information content (AvgIpc) is 2.45. The van der Waals surface area contributed by atoms with Crippen molar-refractivity contribution in [3.63, 3.8) is 0 Å². The van der Waals surface area contributed by atoms with Crippen LogP contribution in [-0.2, 0) is 6.54 Å². The number of anilines is 1.